The van der Waals surface area contributed by atoms with Crippen molar-refractivity contribution in [1.29, 1.82) is 0 Å². The third-order valence-electron chi connectivity index (χ3n) is 7.71. The lowest BCUT2D eigenvalue weighted by Gasteiger charge is -2.42. The van der Waals surface area contributed by atoms with Gasteiger partial charge in [0.15, 0.2) is 11.6 Å². The van der Waals surface area contributed by atoms with Crippen molar-refractivity contribution in [2.75, 3.05) is 52.2 Å². The summed E-state index contributed by atoms with van der Waals surface area (Å²) in [6.45, 7) is 3.36. The molecule has 0 spiro atoms. The lowest BCUT2D eigenvalue weighted by atomic mass is 9.94. The highest BCUT2D eigenvalue weighted by atomic mass is 19.2. The zero-order valence-corrected chi connectivity index (χ0v) is 22.0. The Morgan fingerprint density at radius 3 is 2.51 bits per heavy atom. The average molecular weight is 543 g/mol. The molecule has 3 aliphatic heterocycles. The first-order valence-electron chi connectivity index (χ1n) is 13.1. The first kappa shape index (κ1) is 27.0. The summed E-state index contributed by atoms with van der Waals surface area (Å²) in [6, 6.07) is 7.30. The Bertz CT molecular complexity index is 1270. The Morgan fingerprint density at radius 2 is 1.77 bits per heavy atom. The van der Waals surface area contributed by atoms with Gasteiger partial charge in [0.1, 0.15) is 18.5 Å². The summed E-state index contributed by atoms with van der Waals surface area (Å²) >= 11 is 0. The molecule has 3 heterocycles. The molecule has 3 aliphatic rings. The third-order valence-corrected chi connectivity index (χ3v) is 7.71. The van der Waals surface area contributed by atoms with Crippen molar-refractivity contribution in [1.82, 2.24) is 14.7 Å². The van der Waals surface area contributed by atoms with Crippen molar-refractivity contribution < 1.29 is 32.6 Å². The van der Waals surface area contributed by atoms with E-state index in [4.69, 9.17) is 9.47 Å². The van der Waals surface area contributed by atoms with Crippen molar-refractivity contribution in [3.05, 3.63) is 59.2 Å². The van der Waals surface area contributed by atoms with Crippen LogP contribution in [0.4, 0.5) is 14.5 Å². The van der Waals surface area contributed by atoms with Crippen LogP contribution in [0, 0.1) is 11.6 Å². The molecule has 11 heteroatoms. The van der Waals surface area contributed by atoms with E-state index in [1.807, 2.05) is 11.9 Å². The molecule has 0 saturated carbocycles. The fraction of sp³-hybridized carbons (Fsp3) is 0.464. The van der Waals surface area contributed by atoms with Crippen molar-refractivity contribution in [2.45, 2.75) is 37.5 Å². The summed E-state index contributed by atoms with van der Waals surface area (Å²) in [5.74, 6) is -2.67. The number of likely N-dealkylation sites (N-methyl/N-ethyl adjacent to an activating group) is 2. The van der Waals surface area contributed by atoms with Crippen molar-refractivity contribution in [2.24, 2.45) is 0 Å². The lowest BCUT2D eigenvalue weighted by Crippen LogP contribution is -2.54. The van der Waals surface area contributed by atoms with Crippen molar-refractivity contribution >= 4 is 23.4 Å². The quantitative estimate of drug-likeness (QED) is 0.639. The number of ether oxygens (including phenoxy) is 2. The Balaban J connectivity index is 1.25. The van der Waals surface area contributed by atoms with Gasteiger partial charge in [-0.3, -0.25) is 14.4 Å². The highest BCUT2D eigenvalue weighted by Gasteiger charge is 2.39. The molecule has 0 aromatic heterocycles. The zero-order valence-electron chi connectivity index (χ0n) is 22.0. The Hall–Kier alpha value is -3.57. The van der Waals surface area contributed by atoms with Gasteiger partial charge in [-0.15, -0.1) is 0 Å². The summed E-state index contributed by atoms with van der Waals surface area (Å²) in [5.41, 5.74) is 0.530. The molecule has 2 aromatic carbocycles. The van der Waals surface area contributed by atoms with Gasteiger partial charge in [-0.1, -0.05) is 0 Å². The first-order valence-corrected chi connectivity index (χ1v) is 13.1. The minimum absolute atomic E-state index is 0.0526. The van der Waals surface area contributed by atoms with E-state index < -0.39 is 17.5 Å². The number of rotatable bonds is 4. The maximum Gasteiger partial charge on any atom is 0.257 e. The van der Waals surface area contributed by atoms with Gasteiger partial charge in [-0.2, -0.15) is 0 Å². The largest absolute Gasteiger partial charge is 0.490 e. The number of hydrogen-bond donors (Lipinski definition) is 1. The van der Waals surface area contributed by atoms with Crippen LogP contribution in [0.3, 0.4) is 0 Å². The van der Waals surface area contributed by atoms with Gasteiger partial charge in [0.05, 0.1) is 24.1 Å². The standard InChI is InChI=1S/C28H32F2N4O5/c1-32-9-11-34(12-10-32)26(35)15-19-5-7-23-25(39-19)16-38-24-8-4-18(14-20(24)28(37)33(23)2)31-27(36)17-3-6-21(29)22(30)13-17/h3-4,6,8,13-14,19,23,25H,5,7,9-12,15-16H2,1-2H3,(H,31,36)/t19-,23-,25+/m0/s1. The van der Waals surface area contributed by atoms with Gasteiger partial charge < -0.3 is 29.5 Å². The molecule has 3 amide bonds. The van der Waals surface area contributed by atoms with Gasteiger partial charge in [0.2, 0.25) is 5.91 Å². The summed E-state index contributed by atoms with van der Waals surface area (Å²) < 4.78 is 39.1. The minimum atomic E-state index is -1.12. The predicted molar refractivity (Wildman–Crippen MR) is 139 cm³/mol. The molecule has 9 nitrogen and oxygen atoms in total. The van der Waals surface area contributed by atoms with Crippen molar-refractivity contribution in [3.8, 4) is 5.75 Å². The number of nitrogens with one attached hydrogen (secondary N) is 1. The Kier molecular flexibility index (Phi) is 7.81. The Labute approximate surface area is 225 Å². The number of fused-ring (bicyclic) bond motifs is 2. The van der Waals surface area contributed by atoms with Gasteiger partial charge in [0.25, 0.3) is 11.8 Å². The molecule has 1 N–H and O–H groups in total. The summed E-state index contributed by atoms with van der Waals surface area (Å²) in [6.07, 6.45) is 0.994. The predicted octanol–water partition coefficient (Wildman–Crippen LogP) is 2.76. The molecule has 0 bridgehead atoms. The van der Waals surface area contributed by atoms with Gasteiger partial charge >= 0.3 is 0 Å². The molecule has 2 saturated heterocycles. The van der Waals surface area contributed by atoms with Crippen LogP contribution in [0.1, 0.15) is 40.0 Å². The molecule has 2 fully saturated rings. The maximum atomic E-state index is 13.5. The van der Waals surface area contributed by atoms with Crippen LogP contribution in [0.15, 0.2) is 36.4 Å². The maximum absolute atomic E-state index is 13.5. The molecular weight excluding hydrogens is 510 g/mol. The number of anilines is 1. The van der Waals surface area contributed by atoms with Gasteiger partial charge in [-0.25, -0.2) is 8.78 Å². The molecule has 2 aromatic rings. The van der Waals surface area contributed by atoms with Crippen LogP contribution in [-0.2, 0) is 9.53 Å². The summed E-state index contributed by atoms with van der Waals surface area (Å²) in [4.78, 5) is 44.6. The molecule has 0 aliphatic carbocycles. The van der Waals surface area contributed by atoms with Crippen LogP contribution < -0.4 is 10.1 Å². The number of benzene rings is 2. The van der Waals surface area contributed by atoms with E-state index in [2.05, 4.69) is 10.2 Å². The summed E-state index contributed by atoms with van der Waals surface area (Å²) in [5, 5.41) is 2.62. The highest BCUT2D eigenvalue weighted by molar-refractivity contribution is 6.05. The van der Waals surface area contributed by atoms with Gasteiger partial charge in [-0.05, 0) is 56.3 Å². The van der Waals surface area contributed by atoms with E-state index in [0.717, 1.165) is 25.2 Å². The SMILES string of the molecule is CN1CCN(C(=O)C[C@@H]2CC[C@H]3[C@@H](COc4ccc(NC(=O)c5ccc(F)c(F)c5)cc4C(=O)N3C)O2)CC1. The fourth-order valence-electron chi connectivity index (χ4n) is 5.33. The summed E-state index contributed by atoms with van der Waals surface area (Å²) in [7, 11) is 3.75. The fourth-order valence-corrected chi connectivity index (χ4v) is 5.33. The van der Waals surface area contributed by atoms with Crippen LogP contribution in [0.25, 0.3) is 0 Å². The van der Waals surface area contributed by atoms with Crippen LogP contribution in [-0.4, -0.2) is 97.6 Å². The number of nitrogens with zero attached hydrogens (tertiary/aromatic N) is 3. The molecule has 5 rings (SSSR count). The average Bonchev–Trinajstić information content (AvgIpc) is 2.92. The minimum Gasteiger partial charge on any atom is -0.490 e. The molecule has 208 valence electrons. The number of hydrogen-bond acceptors (Lipinski definition) is 6. The molecular formula is C28H32F2N4O5. The third kappa shape index (κ3) is 5.89. The number of halogens is 2. The smallest absolute Gasteiger partial charge is 0.257 e. The highest BCUT2D eigenvalue weighted by Crippen LogP contribution is 2.33. The number of carbonyl (C=O) groups excluding carboxylic acids is 3. The topological polar surface area (TPSA) is 91.4 Å². The van der Waals surface area contributed by atoms with E-state index >= 15 is 0 Å². The number of carbonyl (C=O) groups is 3. The Morgan fingerprint density at radius 1 is 1.00 bits per heavy atom. The van der Waals surface area contributed by atoms with Crippen LogP contribution in [0.2, 0.25) is 0 Å². The second kappa shape index (κ2) is 11.3. The van der Waals surface area contributed by atoms with E-state index in [1.54, 1.807) is 24.1 Å². The van der Waals surface area contributed by atoms with Crippen LogP contribution in [0.5, 0.6) is 5.75 Å². The van der Waals surface area contributed by atoms with E-state index in [0.29, 0.717) is 43.8 Å². The molecule has 39 heavy (non-hydrogen) atoms. The van der Waals surface area contributed by atoms with E-state index in [9.17, 15) is 23.2 Å². The first-order chi connectivity index (χ1) is 18.7. The molecule has 3 atom stereocenters. The monoisotopic (exact) mass is 542 g/mol. The molecule has 0 unspecified atom stereocenters. The molecule has 0 radical (unpaired) electrons. The normalized spacial score (nSPS) is 23.7. The second-order valence-electron chi connectivity index (χ2n) is 10.4. The van der Waals surface area contributed by atoms with Crippen LogP contribution >= 0.6 is 0 Å². The second-order valence-corrected chi connectivity index (χ2v) is 10.4. The van der Waals surface area contributed by atoms with E-state index in [1.165, 1.54) is 12.1 Å². The van der Waals surface area contributed by atoms with E-state index in [-0.39, 0.29) is 47.8 Å². The van der Waals surface area contributed by atoms with Crippen molar-refractivity contribution in [3.63, 3.8) is 0 Å². The lowest BCUT2D eigenvalue weighted by molar-refractivity contribution is -0.144. The zero-order chi connectivity index (χ0) is 27.7. The number of piperazine rings is 1. The number of amides is 3. The van der Waals surface area contributed by atoms with Gasteiger partial charge in [0, 0.05) is 44.5 Å².